The second-order valence-corrected chi connectivity index (χ2v) is 9.35. The van der Waals surface area contributed by atoms with E-state index in [4.69, 9.17) is 4.74 Å². The van der Waals surface area contributed by atoms with Gasteiger partial charge in [0.15, 0.2) is 17.4 Å². The highest BCUT2D eigenvalue weighted by atomic mass is 19.1. The maximum Gasteiger partial charge on any atom is 0.229 e. The van der Waals surface area contributed by atoms with Crippen LogP contribution in [0.25, 0.3) is 11.3 Å². The number of pyridine rings is 1. The SMILES string of the molecule is CC(=O)N1CCN(c2ccc(Nc3ncc(F)c(-c4cc(F)c5c(c4)N(C(C)C)CCO5)n3)nc2)CC1. The van der Waals surface area contributed by atoms with Crippen molar-refractivity contribution in [2.45, 2.75) is 26.8 Å². The van der Waals surface area contributed by atoms with E-state index in [9.17, 15) is 13.6 Å². The fraction of sp³-hybridized carbons (Fsp3) is 0.385. The molecule has 9 nitrogen and oxygen atoms in total. The van der Waals surface area contributed by atoms with Crippen LogP contribution in [0.2, 0.25) is 0 Å². The second kappa shape index (κ2) is 10.2. The largest absolute Gasteiger partial charge is 0.486 e. The third-order valence-corrected chi connectivity index (χ3v) is 6.63. The molecule has 4 heterocycles. The first kappa shape index (κ1) is 24.7. The maximum atomic E-state index is 14.9. The van der Waals surface area contributed by atoms with Gasteiger partial charge in [0.25, 0.3) is 0 Å². The smallest absolute Gasteiger partial charge is 0.229 e. The Balaban J connectivity index is 1.35. The first-order valence-electron chi connectivity index (χ1n) is 12.3. The van der Waals surface area contributed by atoms with Gasteiger partial charge in [0.2, 0.25) is 11.9 Å². The van der Waals surface area contributed by atoms with Gasteiger partial charge in [0.1, 0.15) is 18.1 Å². The summed E-state index contributed by atoms with van der Waals surface area (Å²) in [5.74, 6) is -0.345. The average molecular weight is 510 g/mol. The lowest BCUT2D eigenvalue weighted by molar-refractivity contribution is -0.129. The molecule has 1 N–H and O–H groups in total. The third kappa shape index (κ3) is 5.11. The van der Waals surface area contributed by atoms with E-state index in [0.717, 1.165) is 25.0 Å². The van der Waals surface area contributed by atoms with Crippen LogP contribution in [-0.2, 0) is 4.79 Å². The number of nitrogens with zero attached hydrogens (tertiary/aromatic N) is 6. The predicted molar refractivity (Wildman–Crippen MR) is 137 cm³/mol. The van der Waals surface area contributed by atoms with Crippen LogP contribution in [0.5, 0.6) is 5.75 Å². The van der Waals surface area contributed by atoms with E-state index in [1.807, 2.05) is 29.7 Å². The van der Waals surface area contributed by atoms with Crippen LogP contribution < -0.4 is 19.9 Å². The molecule has 1 amide bonds. The zero-order chi connectivity index (χ0) is 26.1. The number of piperazine rings is 1. The van der Waals surface area contributed by atoms with Crippen molar-refractivity contribution < 1.29 is 18.3 Å². The Labute approximate surface area is 214 Å². The number of nitrogens with one attached hydrogen (secondary N) is 1. The number of hydrogen-bond acceptors (Lipinski definition) is 8. The van der Waals surface area contributed by atoms with Crippen molar-refractivity contribution in [1.29, 1.82) is 0 Å². The van der Waals surface area contributed by atoms with E-state index in [1.54, 1.807) is 25.3 Å². The first-order valence-corrected chi connectivity index (χ1v) is 12.3. The normalized spacial score (nSPS) is 15.5. The summed E-state index contributed by atoms with van der Waals surface area (Å²) >= 11 is 0. The topological polar surface area (TPSA) is 86.7 Å². The van der Waals surface area contributed by atoms with Gasteiger partial charge in [-0.25, -0.2) is 23.7 Å². The number of carbonyl (C=O) groups is 1. The molecular formula is C26H29F2N7O2. The van der Waals surface area contributed by atoms with Gasteiger partial charge in [0.05, 0.1) is 30.3 Å². The number of carbonyl (C=O) groups excluding carboxylic acids is 1. The lowest BCUT2D eigenvalue weighted by atomic mass is 10.1. The van der Waals surface area contributed by atoms with E-state index < -0.39 is 11.6 Å². The monoisotopic (exact) mass is 509 g/mol. The van der Waals surface area contributed by atoms with E-state index in [0.29, 0.717) is 43.3 Å². The lowest BCUT2D eigenvalue weighted by Gasteiger charge is -2.35. The fourth-order valence-electron chi connectivity index (χ4n) is 4.65. The van der Waals surface area contributed by atoms with E-state index in [-0.39, 0.29) is 29.3 Å². The Bertz CT molecular complexity index is 1290. The Hall–Kier alpha value is -4.02. The van der Waals surface area contributed by atoms with Gasteiger partial charge in [-0.15, -0.1) is 0 Å². The molecule has 2 aromatic heterocycles. The highest BCUT2D eigenvalue weighted by Gasteiger charge is 2.26. The van der Waals surface area contributed by atoms with Crippen molar-refractivity contribution in [3.63, 3.8) is 0 Å². The minimum Gasteiger partial charge on any atom is -0.486 e. The van der Waals surface area contributed by atoms with Crippen molar-refractivity contribution in [2.75, 3.05) is 54.4 Å². The minimum atomic E-state index is -0.661. The minimum absolute atomic E-state index is 0.0200. The number of rotatable bonds is 5. The third-order valence-electron chi connectivity index (χ3n) is 6.63. The van der Waals surface area contributed by atoms with E-state index in [2.05, 4.69) is 25.2 Å². The maximum absolute atomic E-state index is 14.9. The molecular weight excluding hydrogens is 480 g/mol. The molecule has 0 saturated carbocycles. The van der Waals surface area contributed by atoms with Gasteiger partial charge in [0, 0.05) is 44.7 Å². The number of halogens is 2. The Morgan fingerprint density at radius 2 is 1.81 bits per heavy atom. The molecule has 37 heavy (non-hydrogen) atoms. The summed E-state index contributed by atoms with van der Waals surface area (Å²) in [5, 5.41) is 3.00. The molecule has 2 aliphatic rings. The Kier molecular flexibility index (Phi) is 6.77. The summed E-state index contributed by atoms with van der Waals surface area (Å²) in [7, 11) is 0. The van der Waals surface area contributed by atoms with Gasteiger partial charge in [-0.3, -0.25) is 4.79 Å². The molecule has 0 atom stereocenters. The van der Waals surface area contributed by atoms with E-state index >= 15 is 0 Å². The van der Waals surface area contributed by atoms with Crippen molar-refractivity contribution in [2.24, 2.45) is 0 Å². The summed E-state index contributed by atoms with van der Waals surface area (Å²) in [6.45, 7) is 9.41. The summed E-state index contributed by atoms with van der Waals surface area (Å²) in [4.78, 5) is 30.4. The number of amides is 1. The van der Waals surface area contributed by atoms with Crippen molar-refractivity contribution in [3.05, 3.63) is 48.3 Å². The molecule has 0 radical (unpaired) electrons. The fourth-order valence-corrected chi connectivity index (χ4v) is 4.65. The molecule has 11 heteroatoms. The molecule has 0 unspecified atom stereocenters. The zero-order valence-corrected chi connectivity index (χ0v) is 21.0. The zero-order valence-electron chi connectivity index (χ0n) is 21.0. The number of benzene rings is 1. The summed E-state index contributed by atoms with van der Waals surface area (Å²) in [6, 6.07) is 6.76. The van der Waals surface area contributed by atoms with Gasteiger partial charge < -0.3 is 24.8 Å². The number of hydrogen-bond donors (Lipinski definition) is 1. The lowest BCUT2D eigenvalue weighted by Crippen LogP contribution is -2.48. The van der Waals surface area contributed by atoms with Crippen LogP contribution in [0, 0.1) is 11.6 Å². The second-order valence-electron chi connectivity index (χ2n) is 9.35. The van der Waals surface area contributed by atoms with Crippen LogP contribution in [-0.4, -0.2) is 71.1 Å². The molecule has 1 aromatic carbocycles. The molecule has 0 aliphatic carbocycles. The molecule has 5 rings (SSSR count). The molecule has 3 aromatic rings. The van der Waals surface area contributed by atoms with Crippen molar-refractivity contribution in [3.8, 4) is 17.0 Å². The number of ether oxygens (including phenoxy) is 1. The summed E-state index contributed by atoms with van der Waals surface area (Å²) < 4.78 is 35.2. The number of anilines is 4. The molecule has 0 spiro atoms. The number of fused-ring (bicyclic) bond motifs is 1. The highest BCUT2D eigenvalue weighted by Crippen LogP contribution is 2.39. The quantitative estimate of drug-likeness (QED) is 0.555. The summed E-state index contributed by atoms with van der Waals surface area (Å²) in [6.07, 6.45) is 2.79. The van der Waals surface area contributed by atoms with Crippen molar-refractivity contribution >= 4 is 29.0 Å². The Morgan fingerprint density at radius 1 is 1.03 bits per heavy atom. The Morgan fingerprint density at radius 3 is 2.49 bits per heavy atom. The standard InChI is InChI=1S/C26H29F2N7O2/c1-16(2)35-10-11-37-25-20(27)12-18(13-22(25)35)24-21(28)15-30-26(32-24)31-23-5-4-19(14-29-23)34-8-6-33(7-9-34)17(3)36/h4-5,12-16H,6-11H2,1-3H3,(H,29,30,31,32). The predicted octanol–water partition coefficient (Wildman–Crippen LogP) is 3.84. The first-order chi connectivity index (χ1) is 17.8. The van der Waals surface area contributed by atoms with Crippen LogP contribution in [0.1, 0.15) is 20.8 Å². The molecule has 194 valence electrons. The van der Waals surface area contributed by atoms with Crippen LogP contribution in [0.15, 0.2) is 36.7 Å². The summed E-state index contributed by atoms with van der Waals surface area (Å²) in [5.41, 5.74) is 1.79. The average Bonchev–Trinajstić information content (AvgIpc) is 2.90. The van der Waals surface area contributed by atoms with Crippen LogP contribution in [0.3, 0.4) is 0 Å². The van der Waals surface area contributed by atoms with E-state index in [1.165, 1.54) is 6.07 Å². The van der Waals surface area contributed by atoms with Crippen LogP contribution >= 0.6 is 0 Å². The van der Waals surface area contributed by atoms with Crippen molar-refractivity contribution in [1.82, 2.24) is 19.9 Å². The van der Waals surface area contributed by atoms with Gasteiger partial charge >= 0.3 is 0 Å². The highest BCUT2D eigenvalue weighted by molar-refractivity contribution is 5.74. The molecule has 1 fully saturated rings. The molecule has 0 bridgehead atoms. The van der Waals surface area contributed by atoms with Gasteiger partial charge in [-0.1, -0.05) is 0 Å². The molecule has 2 aliphatic heterocycles. The molecule has 1 saturated heterocycles. The number of aromatic nitrogens is 3. The van der Waals surface area contributed by atoms with Gasteiger partial charge in [-0.05, 0) is 38.1 Å². The van der Waals surface area contributed by atoms with Gasteiger partial charge in [-0.2, -0.15) is 0 Å². The van der Waals surface area contributed by atoms with Crippen LogP contribution in [0.4, 0.5) is 31.9 Å².